The van der Waals surface area contributed by atoms with E-state index in [4.69, 9.17) is 0 Å². The maximum Gasteiger partial charge on any atom is 0.274 e. The molecule has 0 unspecified atom stereocenters. The molecule has 1 aromatic carbocycles. The molecular weight excluding hydrogens is 376 g/mol. The normalized spacial score (nSPS) is 15.1. The summed E-state index contributed by atoms with van der Waals surface area (Å²) in [4.78, 5) is 27.8. The zero-order valence-electron chi connectivity index (χ0n) is 17.0. The van der Waals surface area contributed by atoms with Crippen LogP contribution in [0.2, 0.25) is 0 Å². The first-order valence-corrected chi connectivity index (χ1v) is 9.95. The van der Waals surface area contributed by atoms with Gasteiger partial charge in [-0.25, -0.2) is 4.68 Å². The highest BCUT2D eigenvalue weighted by atomic mass is 35.5. The molecule has 1 amide bonds. The molecule has 1 saturated heterocycles. The number of hydrogen-bond acceptors (Lipinski definition) is 4. The van der Waals surface area contributed by atoms with Gasteiger partial charge in [0.25, 0.3) is 11.5 Å². The number of likely N-dealkylation sites (tertiary alicyclic amines) is 1. The Labute approximate surface area is 172 Å². The second-order valence-electron chi connectivity index (χ2n) is 7.90. The molecule has 154 valence electrons. The molecule has 2 heterocycles. The van der Waals surface area contributed by atoms with E-state index in [1.54, 1.807) is 6.07 Å². The van der Waals surface area contributed by atoms with Crippen LogP contribution in [0.3, 0.4) is 0 Å². The van der Waals surface area contributed by atoms with Gasteiger partial charge in [0, 0.05) is 25.0 Å². The molecule has 28 heavy (non-hydrogen) atoms. The summed E-state index contributed by atoms with van der Waals surface area (Å²) < 4.78 is 1.46. The van der Waals surface area contributed by atoms with Crippen molar-refractivity contribution >= 4 is 29.1 Å². The van der Waals surface area contributed by atoms with Gasteiger partial charge in [0.15, 0.2) is 5.69 Å². The average Bonchev–Trinajstić information content (AvgIpc) is 2.68. The summed E-state index contributed by atoms with van der Waals surface area (Å²) in [5, 5.41) is 8.91. The first-order chi connectivity index (χ1) is 13.0. The van der Waals surface area contributed by atoms with Crippen LogP contribution < -0.4 is 10.9 Å². The molecule has 0 spiro atoms. The van der Waals surface area contributed by atoms with Gasteiger partial charge in [0.05, 0.1) is 5.39 Å². The Morgan fingerprint density at radius 1 is 1.21 bits per heavy atom. The third kappa shape index (κ3) is 4.92. The molecule has 7 heteroatoms. The quantitative estimate of drug-likeness (QED) is 0.800. The van der Waals surface area contributed by atoms with Crippen molar-refractivity contribution in [3.8, 4) is 0 Å². The Hall–Kier alpha value is -1.92. The maximum atomic E-state index is 13.2. The van der Waals surface area contributed by atoms with E-state index in [1.165, 1.54) is 4.68 Å². The molecule has 1 aliphatic heterocycles. The van der Waals surface area contributed by atoms with E-state index in [2.05, 4.69) is 10.4 Å². The number of benzene rings is 1. The number of carbonyl (C=O) groups is 1. The van der Waals surface area contributed by atoms with Gasteiger partial charge in [-0.2, -0.15) is 5.10 Å². The van der Waals surface area contributed by atoms with Gasteiger partial charge in [0.2, 0.25) is 0 Å². The lowest BCUT2D eigenvalue weighted by atomic mass is 9.93. The molecule has 1 fully saturated rings. The van der Waals surface area contributed by atoms with E-state index in [1.807, 2.05) is 44.0 Å². The molecule has 1 aromatic heterocycles. The SMILES string of the molecule is CNCCC1CCN(C(=O)c2nn(CC(C)C)c(=O)c3ccccc23)CC1.Cl. The Balaban J connectivity index is 0.00000280. The predicted octanol–water partition coefficient (Wildman–Crippen LogP) is 2.94. The zero-order chi connectivity index (χ0) is 19.4. The number of hydrogen-bond donors (Lipinski definition) is 1. The first-order valence-electron chi connectivity index (χ1n) is 9.95. The topological polar surface area (TPSA) is 67.2 Å². The molecule has 0 aliphatic carbocycles. The van der Waals surface area contributed by atoms with Gasteiger partial charge in [-0.1, -0.05) is 32.0 Å². The highest BCUT2D eigenvalue weighted by Gasteiger charge is 2.26. The summed E-state index contributed by atoms with van der Waals surface area (Å²) in [6.07, 6.45) is 3.20. The van der Waals surface area contributed by atoms with Crippen LogP contribution in [0.4, 0.5) is 0 Å². The monoisotopic (exact) mass is 406 g/mol. The van der Waals surface area contributed by atoms with Gasteiger partial charge >= 0.3 is 0 Å². The van der Waals surface area contributed by atoms with Crippen LogP contribution in [-0.2, 0) is 6.54 Å². The number of nitrogens with zero attached hydrogens (tertiary/aromatic N) is 3. The summed E-state index contributed by atoms with van der Waals surface area (Å²) in [6.45, 7) is 7.13. The van der Waals surface area contributed by atoms with Crippen molar-refractivity contribution in [2.45, 2.75) is 39.7 Å². The molecule has 1 N–H and O–H groups in total. The van der Waals surface area contributed by atoms with Crippen molar-refractivity contribution in [3.63, 3.8) is 0 Å². The molecular formula is C21H31ClN4O2. The lowest BCUT2D eigenvalue weighted by Gasteiger charge is -2.32. The molecule has 0 saturated carbocycles. The van der Waals surface area contributed by atoms with Crippen LogP contribution in [0.5, 0.6) is 0 Å². The first kappa shape index (κ1) is 22.4. The van der Waals surface area contributed by atoms with Crippen LogP contribution in [0.15, 0.2) is 29.1 Å². The second kappa shape index (κ2) is 10.0. The van der Waals surface area contributed by atoms with Gasteiger partial charge in [-0.15, -0.1) is 12.4 Å². The maximum absolute atomic E-state index is 13.2. The van der Waals surface area contributed by atoms with Crippen LogP contribution in [0.1, 0.15) is 43.6 Å². The van der Waals surface area contributed by atoms with Crippen LogP contribution in [0.25, 0.3) is 10.8 Å². The molecule has 1 aliphatic rings. The van der Waals surface area contributed by atoms with Crippen molar-refractivity contribution in [3.05, 3.63) is 40.3 Å². The third-order valence-electron chi connectivity index (χ3n) is 5.31. The van der Waals surface area contributed by atoms with Crippen molar-refractivity contribution < 1.29 is 4.79 Å². The Morgan fingerprint density at radius 3 is 2.46 bits per heavy atom. The summed E-state index contributed by atoms with van der Waals surface area (Å²) >= 11 is 0. The van der Waals surface area contributed by atoms with Gasteiger partial charge in [-0.05, 0) is 50.8 Å². The number of aromatic nitrogens is 2. The number of fused-ring (bicyclic) bond motifs is 1. The Bertz CT molecular complexity index is 857. The van der Waals surface area contributed by atoms with E-state index >= 15 is 0 Å². The van der Waals surface area contributed by atoms with E-state index < -0.39 is 0 Å². The van der Waals surface area contributed by atoms with Gasteiger partial charge in [0.1, 0.15) is 0 Å². The number of nitrogens with one attached hydrogen (secondary N) is 1. The number of rotatable bonds is 6. The predicted molar refractivity (Wildman–Crippen MR) is 115 cm³/mol. The van der Waals surface area contributed by atoms with Crippen LogP contribution >= 0.6 is 12.4 Å². The highest BCUT2D eigenvalue weighted by Crippen LogP contribution is 2.23. The lowest BCUT2D eigenvalue weighted by Crippen LogP contribution is -2.40. The zero-order valence-corrected chi connectivity index (χ0v) is 17.8. The highest BCUT2D eigenvalue weighted by molar-refractivity contribution is 6.04. The molecule has 3 rings (SSSR count). The molecule has 0 bridgehead atoms. The molecule has 6 nitrogen and oxygen atoms in total. The number of carbonyl (C=O) groups excluding carboxylic acids is 1. The minimum atomic E-state index is -0.123. The smallest absolute Gasteiger partial charge is 0.274 e. The number of amides is 1. The fourth-order valence-corrected chi connectivity index (χ4v) is 3.79. The van der Waals surface area contributed by atoms with E-state index in [9.17, 15) is 9.59 Å². The molecule has 2 aromatic rings. The molecule has 0 radical (unpaired) electrons. The van der Waals surface area contributed by atoms with Gasteiger partial charge in [-0.3, -0.25) is 9.59 Å². The summed E-state index contributed by atoms with van der Waals surface area (Å²) in [7, 11) is 1.97. The Kier molecular flexibility index (Phi) is 8.01. The summed E-state index contributed by atoms with van der Waals surface area (Å²) in [6, 6.07) is 7.31. The second-order valence-corrected chi connectivity index (χ2v) is 7.90. The van der Waals surface area contributed by atoms with E-state index in [0.29, 0.717) is 28.9 Å². The Morgan fingerprint density at radius 2 is 1.86 bits per heavy atom. The van der Waals surface area contributed by atoms with Crippen molar-refractivity contribution in [2.75, 3.05) is 26.7 Å². The van der Waals surface area contributed by atoms with Crippen molar-refractivity contribution in [1.82, 2.24) is 20.0 Å². The number of halogens is 1. The summed E-state index contributed by atoms with van der Waals surface area (Å²) in [5.41, 5.74) is 0.279. The van der Waals surface area contributed by atoms with Crippen molar-refractivity contribution in [1.29, 1.82) is 0 Å². The molecule has 0 atom stereocenters. The van der Waals surface area contributed by atoms with Crippen LogP contribution in [0, 0.1) is 11.8 Å². The third-order valence-corrected chi connectivity index (χ3v) is 5.31. The van der Waals surface area contributed by atoms with E-state index in [-0.39, 0.29) is 29.8 Å². The lowest BCUT2D eigenvalue weighted by molar-refractivity contribution is 0.0680. The van der Waals surface area contributed by atoms with Gasteiger partial charge < -0.3 is 10.2 Å². The van der Waals surface area contributed by atoms with Crippen molar-refractivity contribution in [2.24, 2.45) is 11.8 Å². The van der Waals surface area contributed by atoms with E-state index in [0.717, 1.165) is 38.9 Å². The standard InChI is InChI=1S/C21H30N4O2.ClH/c1-15(2)14-25-20(26)18-7-5-4-6-17(18)19(23-25)21(27)24-12-9-16(10-13-24)8-11-22-3;/h4-7,15-16,22H,8-14H2,1-3H3;1H. The average molecular weight is 407 g/mol. The fourth-order valence-electron chi connectivity index (χ4n) is 3.79. The summed E-state index contributed by atoms with van der Waals surface area (Å²) in [5.74, 6) is 0.888. The van der Waals surface area contributed by atoms with Crippen LogP contribution in [-0.4, -0.2) is 47.3 Å². The largest absolute Gasteiger partial charge is 0.337 e. The minimum absolute atomic E-state index is 0. The fraction of sp³-hybridized carbons (Fsp3) is 0.571. The minimum Gasteiger partial charge on any atom is -0.337 e. The number of piperidine rings is 1.